The maximum Gasteiger partial charge on any atom is 0.159 e. The van der Waals surface area contributed by atoms with Gasteiger partial charge in [0.1, 0.15) is 0 Å². The van der Waals surface area contributed by atoms with Gasteiger partial charge in [0.15, 0.2) is 11.6 Å². The molecule has 0 aliphatic heterocycles. The van der Waals surface area contributed by atoms with Crippen LogP contribution in [0.15, 0.2) is 42.6 Å². The molecule has 0 N–H and O–H groups in total. The Hall–Kier alpha value is -1.42. The van der Waals surface area contributed by atoms with Crippen molar-refractivity contribution in [1.29, 1.82) is 0 Å². The number of hydrogen-bond acceptors (Lipinski definition) is 2. The van der Waals surface area contributed by atoms with Gasteiger partial charge in [-0.15, -0.1) is 0 Å². The minimum atomic E-state index is -0.794. The van der Waals surface area contributed by atoms with Crippen LogP contribution in [0.2, 0.25) is 0 Å². The van der Waals surface area contributed by atoms with Crippen molar-refractivity contribution in [2.45, 2.75) is 12.2 Å². The molecule has 1 aromatic carbocycles. The van der Waals surface area contributed by atoms with Gasteiger partial charge in [-0.25, -0.2) is 8.78 Å². The number of rotatable bonds is 5. The molecule has 0 fully saturated rings. The van der Waals surface area contributed by atoms with E-state index in [-0.39, 0.29) is 0 Å². The summed E-state index contributed by atoms with van der Waals surface area (Å²) < 4.78 is 25.7. The zero-order valence-corrected chi connectivity index (χ0v) is 10.6. The lowest BCUT2D eigenvalue weighted by Crippen LogP contribution is -1.93. The van der Waals surface area contributed by atoms with Gasteiger partial charge in [-0.1, -0.05) is 12.1 Å². The number of nitrogens with zero attached hydrogens (tertiary/aromatic N) is 1. The molecular formula is C14H13F2NS. The highest BCUT2D eigenvalue weighted by Crippen LogP contribution is 2.16. The summed E-state index contributed by atoms with van der Waals surface area (Å²) >= 11 is 1.69. The number of hydrogen-bond donors (Lipinski definition) is 0. The number of aromatic nitrogens is 1. The molecule has 2 aromatic rings. The van der Waals surface area contributed by atoms with Crippen LogP contribution in [0.3, 0.4) is 0 Å². The highest BCUT2D eigenvalue weighted by Gasteiger charge is 2.02. The number of aryl methyl sites for hydroxylation is 1. The second-order valence-corrected chi connectivity index (χ2v) is 4.98. The molecule has 2 rings (SSSR count). The Labute approximate surface area is 109 Å². The van der Waals surface area contributed by atoms with E-state index in [1.165, 1.54) is 12.1 Å². The van der Waals surface area contributed by atoms with Gasteiger partial charge >= 0.3 is 0 Å². The third kappa shape index (κ3) is 3.81. The second-order valence-electron chi connectivity index (χ2n) is 3.87. The molecule has 18 heavy (non-hydrogen) atoms. The van der Waals surface area contributed by atoms with E-state index in [0.717, 1.165) is 23.4 Å². The molecule has 0 unspecified atom stereocenters. The van der Waals surface area contributed by atoms with E-state index in [0.29, 0.717) is 5.75 Å². The van der Waals surface area contributed by atoms with Gasteiger partial charge < -0.3 is 0 Å². The molecule has 0 atom stereocenters. The van der Waals surface area contributed by atoms with Crippen molar-refractivity contribution in [1.82, 2.24) is 4.98 Å². The predicted octanol–water partition coefficient (Wildman–Crippen LogP) is 3.84. The molecule has 1 heterocycles. The number of halogens is 2. The summed E-state index contributed by atoms with van der Waals surface area (Å²) in [6.07, 6.45) is 2.66. The molecule has 0 spiro atoms. The summed E-state index contributed by atoms with van der Waals surface area (Å²) in [6, 6.07) is 9.87. The van der Waals surface area contributed by atoms with E-state index in [1.54, 1.807) is 24.0 Å². The molecule has 0 aliphatic carbocycles. The van der Waals surface area contributed by atoms with Crippen LogP contribution < -0.4 is 0 Å². The summed E-state index contributed by atoms with van der Waals surface area (Å²) in [5.41, 5.74) is 1.86. The van der Waals surface area contributed by atoms with Crippen molar-refractivity contribution >= 4 is 11.8 Å². The Morgan fingerprint density at radius 1 is 1.06 bits per heavy atom. The quantitative estimate of drug-likeness (QED) is 0.762. The molecule has 0 radical (unpaired) electrons. The average molecular weight is 265 g/mol. The summed E-state index contributed by atoms with van der Waals surface area (Å²) in [5.74, 6) is 0.0232. The molecule has 1 nitrogen and oxygen atoms in total. The van der Waals surface area contributed by atoms with Crippen molar-refractivity contribution in [3.05, 3.63) is 65.5 Å². The fraction of sp³-hybridized carbons (Fsp3) is 0.214. The summed E-state index contributed by atoms with van der Waals surface area (Å²) in [4.78, 5) is 4.23. The van der Waals surface area contributed by atoms with Gasteiger partial charge in [-0.2, -0.15) is 11.8 Å². The lowest BCUT2D eigenvalue weighted by Gasteiger charge is -2.03. The highest BCUT2D eigenvalue weighted by atomic mass is 32.2. The largest absolute Gasteiger partial charge is 0.261 e. The van der Waals surface area contributed by atoms with Gasteiger partial charge in [0.25, 0.3) is 0 Å². The predicted molar refractivity (Wildman–Crippen MR) is 70.5 cm³/mol. The van der Waals surface area contributed by atoms with Gasteiger partial charge in [0.2, 0.25) is 0 Å². The number of benzene rings is 1. The Balaban J connectivity index is 1.77. The number of thioether (sulfide) groups is 1. The van der Waals surface area contributed by atoms with Crippen molar-refractivity contribution in [3.8, 4) is 0 Å². The fourth-order valence-electron chi connectivity index (χ4n) is 1.54. The van der Waals surface area contributed by atoms with Gasteiger partial charge in [-0.05, 0) is 42.0 Å². The van der Waals surface area contributed by atoms with E-state index in [4.69, 9.17) is 0 Å². The zero-order valence-electron chi connectivity index (χ0n) is 9.77. The fourth-order valence-corrected chi connectivity index (χ4v) is 2.46. The Kier molecular flexibility index (Phi) is 4.70. The molecular weight excluding hydrogens is 252 g/mol. The molecule has 0 bridgehead atoms. The van der Waals surface area contributed by atoms with Crippen molar-refractivity contribution < 1.29 is 8.78 Å². The van der Waals surface area contributed by atoms with Gasteiger partial charge in [0.05, 0.1) is 0 Å². The molecule has 0 amide bonds. The van der Waals surface area contributed by atoms with Crippen LogP contribution in [0.4, 0.5) is 8.78 Å². The van der Waals surface area contributed by atoms with Crippen molar-refractivity contribution in [2.75, 3.05) is 5.75 Å². The van der Waals surface area contributed by atoms with Gasteiger partial charge in [-0.3, -0.25) is 4.98 Å². The normalized spacial score (nSPS) is 10.6. The summed E-state index contributed by atoms with van der Waals surface area (Å²) in [5, 5.41) is 0. The maximum atomic E-state index is 13.0. The Bertz CT molecular complexity index is 502. The SMILES string of the molecule is Fc1ccc(CSCCc2ccccn2)cc1F. The zero-order chi connectivity index (χ0) is 12.8. The highest BCUT2D eigenvalue weighted by molar-refractivity contribution is 7.98. The average Bonchev–Trinajstić information content (AvgIpc) is 2.40. The van der Waals surface area contributed by atoms with E-state index in [1.807, 2.05) is 18.2 Å². The molecule has 4 heteroatoms. The van der Waals surface area contributed by atoms with Gasteiger partial charge in [0, 0.05) is 17.6 Å². The molecule has 0 saturated carbocycles. The molecule has 0 aliphatic rings. The lowest BCUT2D eigenvalue weighted by molar-refractivity contribution is 0.507. The van der Waals surface area contributed by atoms with Crippen LogP contribution in [0, 0.1) is 11.6 Å². The Morgan fingerprint density at radius 2 is 1.94 bits per heavy atom. The smallest absolute Gasteiger partial charge is 0.159 e. The second kappa shape index (κ2) is 6.50. The first-order valence-corrected chi connectivity index (χ1v) is 6.83. The monoisotopic (exact) mass is 265 g/mol. The first-order valence-electron chi connectivity index (χ1n) is 5.67. The minimum absolute atomic E-state index is 0.685. The van der Waals surface area contributed by atoms with Crippen molar-refractivity contribution in [3.63, 3.8) is 0 Å². The first kappa shape index (κ1) is 13.0. The van der Waals surface area contributed by atoms with Crippen molar-refractivity contribution in [2.24, 2.45) is 0 Å². The topological polar surface area (TPSA) is 12.9 Å². The number of pyridine rings is 1. The van der Waals surface area contributed by atoms with Crippen LogP contribution in [0.25, 0.3) is 0 Å². The minimum Gasteiger partial charge on any atom is -0.261 e. The van der Waals surface area contributed by atoms with Crippen LogP contribution in [-0.2, 0) is 12.2 Å². The summed E-state index contributed by atoms with van der Waals surface area (Å²) in [6.45, 7) is 0. The molecule has 0 saturated heterocycles. The third-order valence-electron chi connectivity index (χ3n) is 2.48. The van der Waals surface area contributed by atoms with Crippen LogP contribution in [0.5, 0.6) is 0 Å². The van der Waals surface area contributed by atoms with Crippen LogP contribution >= 0.6 is 11.8 Å². The molecule has 94 valence electrons. The Morgan fingerprint density at radius 3 is 2.67 bits per heavy atom. The van der Waals surface area contributed by atoms with E-state index in [9.17, 15) is 8.78 Å². The molecule has 1 aromatic heterocycles. The lowest BCUT2D eigenvalue weighted by atomic mass is 10.2. The maximum absolute atomic E-state index is 13.0. The van der Waals surface area contributed by atoms with E-state index in [2.05, 4.69) is 4.98 Å². The van der Waals surface area contributed by atoms with Crippen LogP contribution in [-0.4, -0.2) is 10.7 Å². The van der Waals surface area contributed by atoms with E-state index >= 15 is 0 Å². The first-order chi connectivity index (χ1) is 8.75. The third-order valence-corrected chi connectivity index (χ3v) is 3.51. The van der Waals surface area contributed by atoms with E-state index < -0.39 is 11.6 Å². The summed E-state index contributed by atoms with van der Waals surface area (Å²) in [7, 11) is 0. The van der Waals surface area contributed by atoms with Crippen LogP contribution in [0.1, 0.15) is 11.3 Å². The standard InChI is InChI=1S/C14H13F2NS/c15-13-5-4-11(9-14(13)16)10-18-8-6-12-3-1-2-7-17-12/h1-5,7,9H,6,8,10H2.